The first-order chi connectivity index (χ1) is 41.8. The van der Waals surface area contributed by atoms with Gasteiger partial charge in [-0.2, -0.15) is 0 Å². The van der Waals surface area contributed by atoms with Crippen molar-refractivity contribution in [3.8, 4) is 0 Å². The molecule has 0 spiro atoms. The standard InChI is InChI=1S/C44H85O42P3/c1-69-37-33(62)25(6-46)80-41(37)73-11-19(52)30(59)22(55)14-77-87(63,64)85-35-27(8-48)82-43(39(35)71-3)75-13-21(54)32(61)24(57)16-79-89(67,68)86-36-28(9-49)83-44(40(36)72-4)76-12-20(53)31(60)23(56)15-78-88(65,66)84-34-26(7-47)81-42(38(34)70-2)74-10-18(51)29(58)17(50)5-45/h17-62H,5-16H2,1-4H3,(H,63,64)(H,65,66)(H,67,68)/t17?,18?,19?,20?,21?,22?,23?,24?,25-,26-,27-,28-,29?,30?,31?,32?,33?,34?,35?,36?,37+,38+,39+,40+,41-,42-,43-,44-/m1/s1. The lowest BCUT2D eigenvalue weighted by Crippen LogP contribution is -2.45. The first kappa shape index (κ1) is 80.6. The summed E-state index contributed by atoms with van der Waals surface area (Å²) in [5.74, 6) is 0. The van der Waals surface area contributed by atoms with Gasteiger partial charge in [0.1, 0.15) is 146 Å². The van der Waals surface area contributed by atoms with Gasteiger partial charge in [0.2, 0.25) is 0 Å². The molecule has 4 fully saturated rings. The van der Waals surface area contributed by atoms with Crippen LogP contribution in [0.25, 0.3) is 0 Å². The number of ether oxygens (including phenoxy) is 12. The van der Waals surface area contributed by atoms with E-state index in [-0.39, 0.29) is 0 Å². The molecule has 4 heterocycles. The van der Waals surface area contributed by atoms with Crippen molar-refractivity contribution in [1.82, 2.24) is 0 Å². The summed E-state index contributed by atoms with van der Waals surface area (Å²) in [6, 6.07) is 0. The van der Waals surface area contributed by atoms with Crippen molar-refractivity contribution in [1.29, 1.82) is 0 Å². The lowest BCUT2D eigenvalue weighted by atomic mass is 10.1. The molecule has 4 aliphatic heterocycles. The molecule has 0 radical (unpaired) electrons. The molecular formula is C44H85O42P3. The average molecular weight is 1380 g/mol. The fraction of sp³-hybridized carbons (Fsp3) is 1.00. The van der Waals surface area contributed by atoms with Crippen molar-refractivity contribution in [2.24, 2.45) is 0 Å². The van der Waals surface area contributed by atoms with E-state index in [4.69, 9.17) is 89.1 Å². The average Bonchev–Trinajstić information content (AvgIpc) is 1.86. The van der Waals surface area contributed by atoms with Gasteiger partial charge in [-0.1, -0.05) is 0 Å². The molecule has 4 aliphatic rings. The van der Waals surface area contributed by atoms with Crippen LogP contribution in [0.3, 0.4) is 0 Å². The molecule has 0 aliphatic carbocycles. The second kappa shape index (κ2) is 37.6. The molecule has 89 heavy (non-hydrogen) atoms. The van der Waals surface area contributed by atoms with E-state index in [9.17, 15) is 115 Å². The van der Waals surface area contributed by atoms with Crippen LogP contribution in [0.15, 0.2) is 0 Å². The summed E-state index contributed by atoms with van der Waals surface area (Å²) in [7, 11) is -11.6. The van der Waals surface area contributed by atoms with Crippen LogP contribution in [0.4, 0.5) is 0 Å². The van der Waals surface area contributed by atoms with E-state index in [1.165, 1.54) is 7.11 Å². The topological polar surface area (TPSA) is 642 Å². The highest BCUT2D eigenvalue weighted by Gasteiger charge is 2.54. The summed E-state index contributed by atoms with van der Waals surface area (Å²) in [6.45, 7) is -11.3. The minimum atomic E-state index is -5.39. The third-order valence-corrected chi connectivity index (χ3v) is 16.9. The predicted molar refractivity (Wildman–Crippen MR) is 277 cm³/mol. The van der Waals surface area contributed by atoms with Gasteiger partial charge in [0.15, 0.2) is 25.2 Å². The Morgan fingerprint density at radius 3 is 0.798 bits per heavy atom. The van der Waals surface area contributed by atoms with Crippen molar-refractivity contribution in [3.05, 3.63) is 0 Å². The van der Waals surface area contributed by atoms with E-state index in [0.29, 0.717) is 0 Å². The highest BCUT2D eigenvalue weighted by Crippen LogP contribution is 2.50. The highest BCUT2D eigenvalue weighted by atomic mass is 31.2. The molecular weight excluding hydrogens is 1290 g/mol. The Morgan fingerprint density at radius 1 is 0.337 bits per heavy atom. The lowest BCUT2D eigenvalue weighted by Gasteiger charge is -2.28. The first-order valence-electron chi connectivity index (χ1n) is 26.9. The molecule has 528 valence electrons. The third-order valence-electron chi connectivity index (χ3n) is 14.0. The predicted octanol–water partition coefficient (Wildman–Crippen LogP) is -11.8. The summed E-state index contributed by atoms with van der Waals surface area (Å²) in [5, 5.41) is 183. The van der Waals surface area contributed by atoms with E-state index < -0.39 is 274 Å². The van der Waals surface area contributed by atoms with Crippen LogP contribution in [0, 0.1) is 0 Å². The zero-order chi connectivity index (χ0) is 66.9. The van der Waals surface area contributed by atoms with Crippen LogP contribution in [-0.2, 0) is 97.7 Å². The fourth-order valence-electron chi connectivity index (χ4n) is 8.94. The highest BCUT2D eigenvalue weighted by molar-refractivity contribution is 7.48. The van der Waals surface area contributed by atoms with Gasteiger partial charge in [-0.3, -0.25) is 27.1 Å². The summed E-state index contributed by atoms with van der Waals surface area (Å²) < 4.78 is 133. The van der Waals surface area contributed by atoms with Crippen molar-refractivity contribution < 1.29 is 204 Å². The van der Waals surface area contributed by atoms with E-state index in [1.54, 1.807) is 0 Å². The molecule has 45 heteroatoms. The lowest BCUT2D eigenvalue weighted by molar-refractivity contribution is -0.198. The van der Waals surface area contributed by atoms with E-state index in [1.807, 2.05) is 0 Å². The SMILES string of the molecule is CO[C@H]1C(O)[C@@H](CO)O[C@H]1OCC(O)C(O)C(O)COP(=O)(O)OC1[C@@H](CO)O[C@@H](OCC(O)C(O)C(O)COP(=O)(O)OC2[C@@H](CO)O[C@@H](OCC(O)C(O)C(O)COP(=O)(O)OC3[C@@H](CO)O[C@@H](OCC(O)C(O)C(O)CO)[C@H]3OC)[C@H]2OC)[C@H]1OC. The maximum absolute atomic E-state index is 13.1. The van der Waals surface area contributed by atoms with E-state index in [0.717, 1.165) is 21.3 Å². The number of aliphatic hydroxyl groups excluding tert-OH is 18. The van der Waals surface area contributed by atoms with Gasteiger partial charge in [-0.15, -0.1) is 0 Å². The Bertz CT molecular complexity index is 2150. The van der Waals surface area contributed by atoms with Crippen LogP contribution in [0.2, 0.25) is 0 Å². The molecule has 0 amide bonds. The largest absolute Gasteiger partial charge is 0.472 e. The summed E-state index contributed by atoms with van der Waals surface area (Å²) in [6.07, 6.45) is -48.4. The van der Waals surface area contributed by atoms with Gasteiger partial charge in [0.25, 0.3) is 0 Å². The molecule has 0 saturated carbocycles. The van der Waals surface area contributed by atoms with Gasteiger partial charge < -0.3 is 163 Å². The Labute approximate surface area is 506 Å². The maximum Gasteiger partial charge on any atom is 0.472 e. The molecule has 4 rings (SSSR count). The van der Waals surface area contributed by atoms with Gasteiger partial charge >= 0.3 is 23.5 Å². The van der Waals surface area contributed by atoms with Crippen LogP contribution in [0.5, 0.6) is 0 Å². The number of aliphatic hydroxyl groups is 18. The zero-order valence-corrected chi connectivity index (χ0v) is 50.6. The minimum absolute atomic E-state index is 0.604. The van der Waals surface area contributed by atoms with Crippen LogP contribution in [0.1, 0.15) is 0 Å². The molecule has 0 aromatic carbocycles. The minimum Gasteiger partial charge on any atom is -0.394 e. The molecule has 19 unspecified atom stereocenters. The van der Waals surface area contributed by atoms with Gasteiger partial charge in [-0.05, 0) is 0 Å². The number of rotatable bonds is 44. The number of hydrogen-bond donors (Lipinski definition) is 21. The Hall–Kier alpha value is -0.870. The molecule has 0 aromatic heterocycles. The maximum atomic E-state index is 13.1. The van der Waals surface area contributed by atoms with Crippen molar-refractivity contribution in [2.75, 3.05) is 108 Å². The molecule has 42 nitrogen and oxygen atoms in total. The summed E-state index contributed by atoms with van der Waals surface area (Å²) >= 11 is 0. The third kappa shape index (κ3) is 22.9. The van der Waals surface area contributed by atoms with Crippen LogP contribution < -0.4 is 0 Å². The van der Waals surface area contributed by atoms with E-state index in [2.05, 4.69) is 0 Å². The number of methoxy groups -OCH3 is 4. The molecule has 21 N–H and O–H groups in total. The Morgan fingerprint density at radius 2 is 0.562 bits per heavy atom. The van der Waals surface area contributed by atoms with Gasteiger partial charge in [0.05, 0.1) is 79.3 Å². The van der Waals surface area contributed by atoms with Gasteiger partial charge in [0, 0.05) is 28.4 Å². The summed E-state index contributed by atoms with van der Waals surface area (Å²) in [5.41, 5.74) is 0. The molecule has 4 saturated heterocycles. The number of phosphoric acid groups is 3. The Balaban J connectivity index is 1.22. The molecule has 0 bridgehead atoms. The molecule has 31 atom stereocenters. The fourth-order valence-corrected chi connectivity index (χ4v) is 11.8. The number of hydrogen-bond acceptors (Lipinski definition) is 39. The van der Waals surface area contributed by atoms with Crippen molar-refractivity contribution in [2.45, 2.75) is 172 Å². The zero-order valence-electron chi connectivity index (χ0n) is 48.0. The molecule has 0 aromatic rings. The quantitative estimate of drug-likeness (QED) is 0.0252. The van der Waals surface area contributed by atoms with E-state index >= 15 is 0 Å². The second-order valence-corrected chi connectivity index (χ2v) is 24.4. The van der Waals surface area contributed by atoms with Crippen LogP contribution in [-0.4, -0.2) is 386 Å². The first-order valence-corrected chi connectivity index (χ1v) is 31.4. The summed E-state index contributed by atoms with van der Waals surface area (Å²) in [4.78, 5) is 31.6. The smallest absolute Gasteiger partial charge is 0.394 e. The monoisotopic (exact) mass is 1380 g/mol. The van der Waals surface area contributed by atoms with Crippen LogP contribution >= 0.6 is 23.5 Å². The van der Waals surface area contributed by atoms with Crippen molar-refractivity contribution >= 4 is 23.5 Å². The number of phosphoric ester groups is 3. The van der Waals surface area contributed by atoms with Crippen molar-refractivity contribution in [3.63, 3.8) is 0 Å². The second-order valence-electron chi connectivity index (χ2n) is 20.2. The normalized spacial score (nSPS) is 35.4. The Kier molecular flexibility index (Phi) is 34.0. The van der Waals surface area contributed by atoms with Gasteiger partial charge in [-0.25, -0.2) is 13.7 Å².